The van der Waals surface area contributed by atoms with Gasteiger partial charge < -0.3 is 0 Å². The van der Waals surface area contributed by atoms with E-state index in [1.165, 1.54) is 4.68 Å². The minimum absolute atomic E-state index is 0.217. The molecular weight excluding hydrogens is 314 g/mol. The first-order valence-corrected chi connectivity index (χ1v) is 8.36. The first kappa shape index (κ1) is 15.2. The van der Waals surface area contributed by atoms with Gasteiger partial charge in [-0.3, -0.25) is 4.72 Å². The van der Waals surface area contributed by atoms with Crippen LogP contribution in [0, 0.1) is 6.92 Å². The van der Waals surface area contributed by atoms with E-state index in [0.717, 1.165) is 11.1 Å². The monoisotopic (exact) mass is 329 g/mol. The third-order valence-electron chi connectivity index (χ3n) is 3.32. The number of nitrogens with one attached hydrogen (secondary N) is 1. The Balaban J connectivity index is 1.91. The van der Waals surface area contributed by atoms with Crippen LogP contribution in [0.5, 0.6) is 0 Å². The normalized spacial score (nSPS) is 11.4. The molecule has 0 radical (unpaired) electrons. The Bertz CT molecular complexity index is 933. The molecule has 0 amide bonds. The predicted molar refractivity (Wildman–Crippen MR) is 86.2 cm³/mol. The summed E-state index contributed by atoms with van der Waals surface area (Å²) < 4.78 is 28.9. The molecule has 8 heteroatoms. The predicted octanol–water partition coefficient (Wildman–Crippen LogP) is 1.99. The van der Waals surface area contributed by atoms with Crippen molar-refractivity contribution in [3.8, 4) is 11.4 Å². The summed E-state index contributed by atoms with van der Waals surface area (Å²) in [4.78, 5) is 0.217. The van der Waals surface area contributed by atoms with E-state index >= 15 is 0 Å². The number of hydrogen-bond acceptors (Lipinski definition) is 5. The van der Waals surface area contributed by atoms with Crippen LogP contribution in [-0.4, -0.2) is 28.6 Å². The van der Waals surface area contributed by atoms with Crippen molar-refractivity contribution in [1.29, 1.82) is 0 Å². The Morgan fingerprint density at radius 3 is 2.48 bits per heavy atom. The lowest BCUT2D eigenvalue weighted by Crippen LogP contribution is -2.13. The van der Waals surface area contributed by atoms with Gasteiger partial charge in [-0.1, -0.05) is 29.8 Å². The van der Waals surface area contributed by atoms with Gasteiger partial charge in [0.15, 0.2) is 5.82 Å². The summed E-state index contributed by atoms with van der Waals surface area (Å²) in [5, 5.41) is 11.3. The smallest absolute Gasteiger partial charge is 0.261 e. The van der Waals surface area contributed by atoms with Crippen molar-refractivity contribution in [1.82, 2.24) is 20.2 Å². The molecule has 1 heterocycles. The van der Waals surface area contributed by atoms with E-state index in [1.54, 1.807) is 49.5 Å². The molecule has 0 aliphatic carbocycles. The molecular formula is C15H15N5O2S. The van der Waals surface area contributed by atoms with Crippen LogP contribution in [0.4, 0.5) is 5.69 Å². The van der Waals surface area contributed by atoms with Crippen LogP contribution in [0.3, 0.4) is 0 Å². The Hall–Kier alpha value is -2.74. The number of anilines is 1. The summed E-state index contributed by atoms with van der Waals surface area (Å²) in [7, 11) is -1.91. The van der Waals surface area contributed by atoms with Crippen molar-refractivity contribution in [3.05, 3.63) is 54.1 Å². The van der Waals surface area contributed by atoms with Gasteiger partial charge in [-0.05, 0) is 41.6 Å². The minimum atomic E-state index is -3.63. The zero-order chi connectivity index (χ0) is 16.4. The Kier molecular flexibility index (Phi) is 3.83. The second kappa shape index (κ2) is 5.81. The molecule has 7 nitrogen and oxygen atoms in total. The van der Waals surface area contributed by atoms with Crippen molar-refractivity contribution in [2.45, 2.75) is 11.8 Å². The maximum absolute atomic E-state index is 12.4. The molecule has 0 unspecified atom stereocenters. The van der Waals surface area contributed by atoms with E-state index in [4.69, 9.17) is 0 Å². The van der Waals surface area contributed by atoms with Crippen molar-refractivity contribution in [3.63, 3.8) is 0 Å². The molecule has 23 heavy (non-hydrogen) atoms. The first-order chi connectivity index (χ1) is 11.0. The van der Waals surface area contributed by atoms with E-state index in [9.17, 15) is 8.42 Å². The van der Waals surface area contributed by atoms with Crippen LogP contribution in [0.15, 0.2) is 53.4 Å². The van der Waals surface area contributed by atoms with Crippen LogP contribution in [-0.2, 0) is 17.1 Å². The fraction of sp³-hybridized carbons (Fsp3) is 0.133. The van der Waals surface area contributed by atoms with E-state index in [1.807, 2.05) is 13.0 Å². The molecule has 0 bridgehead atoms. The molecule has 0 spiro atoms. The summed E-state index contributed by atoms with van der Waals surface area (Å²) in [5.74, 6) is 0.557. The van der Waals surface area contributed by atoms with Gasteiger partial charge in [0, 0.05) is 18.3 Å². The van der Waals surface area contributed by atoms with Gasteiger partial charge in [0.05, 0.1) is 4.90 Å². The molecule has 118 valence electrons. The molecule has 0 saturated carbocycles. The van der Waals surface area contributed by atoms with Gasteiger partial charge in [0.1, 0.15) is 0 Å². The quantitative estimate of drug-likeness (QED) is 0.790. The molecule has 1 N–H and O–H groups in total. The highest BCUT2D eigenvalue weighted by Gasteiger charge is 2.14. The number of rotatable bonds is 4. The maximum atomic E-state index is 12.4. The highest BCUT2D eigenvalue weighted by Crippen LogP contribution is 2.22. The van der Waals surface area contributed by atoms with E-state index in [0.29, 0.717) is 11.5 Å². The summed E-state index contributed by atoms with van der Waals surface area (Å²) in [6.45, 7) is 1.90. The first-order valence-electron chi connectivity index (χ1n) is 6.88. The van der Waals surface area contributed by atoms with Crippen LogP contribution < -0.4 is 4.72 Å². The van der Waals surface area contributed by atoms with Crippen molar-refractivity contribution >= 4 is 15.7 Å². The Labute approximate surface area is 134 Å². The van der Waals surface area contributed by atoms with Crippen LogP contribution >= 0.6 is 0 Å². The molecule has 3 rings (SSSR count). The summed E-state index contributed by atoms with van der Waals surface area (Å²) in [5.41, 5.74) is 2.17. The minimum Gasteiger partial charge on any atom is -0.280 e. The van der Waals surface area contributed by atoms with Gasteiger partial charge in [0.2, 0.25) is 0 Å². The SMILES string of the molecule is Cc1ccc(S(=O)(=O)Nc2cccc(-c3nnnn3C)c2)cc1. The van der Waals surface area contributed by atoms with E-state index in [2.05, 4.69) is 20.2 Å². The Morgan fingerprint density at radius 1 is 1.09 bits per heavy atom. The van der Waals surface area contributed by atoms with Crippen LogP contribution in [0.2, 0.25) is 0 Å². The van der Waals surface area contributed by atoms with Crippen molar-refractivity contribution in [2.24, 2.45) is 7.05 Å². The van der Waals surface area contributed by atoms with Gasteiger partial charge in [-0.15, -0.1) is 5.10 Å². The maximum Gasteiger partial charge on any atom is 0.261 e. The van der Waals surface area contributed by atoms with Gasteiger partial charge in [0.25, 0.3) is 10.0 Å². The summed E-state index contributed by atoms with van der Waals surface area (Å²) in [6.07, 6.45) is 0. The lowest BCUT2D eigenvalue weighted by Gasteiger charge is -2.09. The largest absolute Gasteiger partial charge is 0.280 e. The summed E-state index contributed by atoms with van der Waals surface area (Å²) in [6, 6.07) is 13.6. The zero-order valence-corrected chi connectivity index (χ0v) is 13.4. The van der Waals surface area contributed by atoms with Gasteiger partial charge >= 0.3 is 0 Å². The second-order valence-corrected chi connectivity index (χ2v) is 6.81. The fourth-order valence-corrected chi connectivity index (χ4v) is 3.18. The fourth-order valence-electron chi connectivity index (χ4n) is 2.13. The second-order valence-electron chi connectivity index (χ2n) is 5.13. The third kappa shape index (κ3) is 3.21. The van der Waals surface area contributed by atoms with Crippen molar-refractivity contribution in [2.75, 3.05) is 4.72 Å². The number of nitrogens with zero attached hydrogens (tertiary/aromatic N) is 4. The highest BCUT2D eigenvalue weighted by molar-refractivity contribution is 7.92. The molecule has 2 aromatic carbocycles. The number of benzene rings is 2. The molecule has 0 saturated heterocycles. The van der Waals surface area contributed by atoms with Gasteiger partial charge in [-0.25, -0.2) is 13.1 Å². The molecule has 3 aromatic rings. The number of aryl methyl sites for hydroxylation is 2. The molecule has 0 fully saturated rings. The molecule has 1 aromatic heterocycles. The highest BCUT2D eigenvalue weighted by atomic mass is 32.2. The number of hydrogen-bond donors (Lipinski definition) is 1. The zero-order valence-electron chi connectivity index (χ0n) is 12.6. The summed E-state index contributed by atoms with van der Waals surface area (Å²) >= 11 is 0. The molecule has 0 aliphatic rings. The van der Waals surface area contributed by atoms with Gasteiger partial charge in [-0.2, -0.15) is 0 Å². The molecule has 0 aliphatic heterocycles. The molecule has 0 atom stereocenters. The van der Waals surface area contributed by atoms with Crippen LogP contribution in [0.1, 0.15) is 5.56 Å². The van der Waals surface area contributed by atoms with Crippen molar-refractivity contribution < 1.29 is 8.42 Å². The average Bonchev–Trinajstić information content (AvgIpc) is 2.94. The standard InChI is InChI=1S/C15H15N5O2S/c1-11-6-8-14(9-7-11)23(21,22)17-13-5-3-4-12(10-13)15-16-18-19-20(15)2/h3-10,17H,1-2H3. The number of aromatic nitrogens is 4. The lowest BCUT2D eigenvalue weighted by molar-refractivity contribution is 0.601. The van der Waals surface area contributed by atoms with Crippen LogP contribution in [0.25, 0.3) is 11.4 Å². The topological polar surface area (TPSA) is 89.8 Å². The Morgan fingerprint density at radius 2 is 1.83 bits per heavy atom. The van der Waals surface area contributed by atoms with E-state index in [-0.39, 0.29) is 4.90 Å². The third-order valence-corrected chi connectivity index (χ3v) is 4.72. The number of sulfonamides is 1. The lowest BCUT2D eigenvalue weighted by atomic mass is 10.2. The van der Waals surface area contributed by atoms with E-state index < -0.39 is 10.0 Å². The average molecular weight is 329 g/mol. The number of tetrazole rings is 1.